The molecule has 1 aliphatic heterocycles. The van der Waals surface area contributed by atoms with E-state index in [1.54, 1.807) is 9.25 Å². The number of aromatic nitrogens is 5. The van der Waals surface area contributed by atoms with Crippen LogP contribution in [0.15, 0.2) is 29.1 Å². The van der Waals surface area contributed by atoms with Crippen LogP contribution in [0.1, 0.15) is 31.2 Å². The van der Waals surface area contributed by atoms with E-state index in [0.29, 0.717) is 11.2 Å². The van der Waals surface area contributed by atoms with Crippen LogP contribution in [-0.4, -0.2) is 24.5 Å². The molecule has 3 aromatic rings. The second-order valence-electron chi connectivity index (χ2n) is 5.64. The summed E-state index contributed by atoms with van der Waals surface area (Å²) in [4.78, 5) is 17.2. The van der Waals surface area contributed by atoms with Gasteiger partial charge in [0.15, 0.2) is 11.2 Å². The summed E-state index contributed by atoms with van der Waals surface area (Å²) in [6, 6.07) is 8.11. The van der Waals surface area contributed by atoms with Gasteiger partial charge in [0.25, 0.3) is 5.56 Å². The molecule has 3 heterocycles. The number of rotatable bonds is 2. The topological polar surface area (TPSA) is 65.6 Å². The zero-order valence-corrected chi connectivity index (χ0v) is 12.5. The minimum Gasteiger partial charge on any atom is -0.295 e. The van der Waals surface area contributed by atoms with Crippen molar-refractivity contribution in [3.05, 3.63) is 46.0 Å². The average molecular weight is 295 g/mol. The van der Waals surface area contributed by atoms with Crippen molar-refractivity contribution in [2.75, 3.05) is 0 Å². The van der Waals surface area contributed by atoms with Gasteiger partial charge in [0.2, 0.25) is 0 Å². The van der Waals surface area contributed by atoms with Gasteiger partial charge in [-0.1, -0.05) is 24.3 Å². The maximum absolute atomic E-state index is 12.5. The SMILES string of the molecule is CCc1ccc(-n2nnc3c(=O)n4c(nc32)CCCC4)cc1. The largest absolute Gasteiger partial charge is 0.295 e. The van der Waals surface area contributed by atoms with Gasteiger partial charge in [-0.2, -0.15) is 4.68 Å². The Labute approximate surface area is 127 Å². The van der Waals surface area contributed by atoms with E-state index in [2.05, 4.69) is 34.4 Å². The molecule has 22 heavy (non-hydrogen) atoms. The lowest BCUT2D eigenvalue weighted by Gasteiger charge is -2.16. The number of benzene rings is 1. The van der Waals surface area contributed by atoms with Gasteiger partial charge in [-0.3, -0.25) is 9.36 Å². The number of fused-ring (bicyclic) bond motifs is 2. The standard InChI is InChI=1S/C16H17N5O/c1-2-11-6-8-12(9-7-11)21-15-14(18-19-21)16(22)20-10-4-3-5-13(20)17-15/h6-9H,2-5,10H2,1H3. The van der Waals surface area contributed by atoms with E-state index in [1.165, 1.54) is 5.56 Å². The fraction of sp³-hybridized carbons (Fsp3) is 0.375. The van der Waals surface area contributed by atoms with Crippen LogP contribution in [0.2, 0.25) is 0 Å². The van der Waals surface area contributed by atoms with Crippen molar-refractivity contribution in [3.8, 4) is 5.69 Å². The third kappa shape index (κ3) is 1.94. The molecule has 1 aromatic carbocycles. The number of nitrogens with zero attached hydrogens (tertiary/aromatic N) is 5. The quantitative estimate of drug-likeness (QED) is 0.724. The summed E-state index contributed by atoms with van der Waals surface area (Å²) in [5, 5.41) is 8.21. The Hall–Kier alpha value is -2.50. The monoisotopic (exact) mass is 295 g/mol. The van der Waals surface area contributed by atoms with Crippen LogP contribution in [-0.2, 0) is 19.4 Å². The maximum Gasteiger partial charge on any atom is 0.283 e. The minimum atomic E-state index is -0.0730. The smallest absolute Gasteiger partial charge is 0.283 e. The van der Waals surface area contributed by atoms with Crippen molar-refractivity contribution in [1.29, 1.82) is 0 Å². The van der Waals surface area contributed by atoms with Crippen LogP contribution < -0.4 is 5.56 Å². The molecule has 4 rings (SSSR count). The molecule has 1 aliphatic rings. The second kappa shape index (κ2) is 5.05. The van der Waals surface area contributed by atoms with Crippen LogP contribution in [0.3, 0.4) is 0 Å². The highest BCUT2D eigenvalue weighted by molar-refractivity contribution is 5.70. The number of hydrogen-bond donors (Lipinski definition) is 0. The van der Waals surface area contributed by atoms with Gasteiger partial charge in [-0.15, -0.1) is 5.10 Å². The van der Waals surface area contributed by atoms with Crippen molar-refractivity contribution >= 4 is 11.2 Å². The third-order valence-electron chi connectivity index (χ3n) is 4.26. The molecule has 0 saturated heterocycles. The molecular formula is C16H17N5O. The van der Waals surface area contributed by atoms with E-state index in [1.807, 2.05) is 12.1 Å². The molecule has 0 N–H and O–H groups in total. The highest BCUT2D eigenvalue weighted by Crippen LogP contribution is 2.17. The Kier molecular flexibility index (Phi) is 3.03. The molecule has 0 unspecified atom stereocenters. The molecule has 6 heteroatoms. The maximum atomic E-state index is 12.5. The molecule has 0 spiro atoms. The predicted molar refractivity (Wildman–Crippen MR) is 83.2 cm³/mol. The van der Waals surface area contributed by atoms with Gasteiger partial charge < -0.3 is 0 Å². The summed E-state index contributed by atoms with van der Waals surface area (Å²) in [6.45, 7) is 2.85. The van der Waals surface area contributed by atoms with Gasteiger partial charge in [0.1, 0.15) is 5.82 Å². The minimum absolute atomic E-state index is 0.0730. The lowest BCUT2D eigenvalue weighted by Crippen LogP contribution is -2.28. The lowest BCUT2D eigenvalue weighted by molar-refractivity contribution is 0.500. The van der Waals surface area contributed by atoms with Crippen LogP contribution in [0, 0.1) is 0 Å². The van der Waals surface area contributed by atoms with Gasteiger partial charge >= 0.3 is 0 Å². The van der Waals surface area contributed by atoms with Crippen LogP contribution in [0.4, 0.5) is 0 Å². The summed E-state index contributed by atoms with van der Waals surface area (Å²) in [7, 11) is 0. The van der Waals surface area contributed by atoms with Crippen LogP contribution in [0.25, 0.3) is 16.9 Å². The van der Waals surface area contributed by atoms with Crippen molar-refractivity contribution in [3.63, 3.8) is 0 Å². The average Bonchev–Trinajstić information content (AvgIpc) is 2.99. The molecule has 0 amide bonds. The Morgan fingerprint density at radius 2 is 2.00 bits per heavy atom. The molecule has 0 atom stereocenters. The Balaban J connectivity index is 1.92. The molecule has 0 radical (unpaired) electrons. The summed E-state index contributed by atoms with van der Waals surface area (Å²) in [5.74, 6) is 0.845. The predicted octanol–water partition coefficient (Wildman–Crippen LogP) is 1.88. The second-order valence-corrected chi connectivity index (χ2v) is 5.64. The van der Waals surface area contributed by atoms with Gasteiger partial charge in [-0.05, 0) is 37.0 Å². The first-order valence-corrected chi connectivity index (χ1v) is 7.72. The molecule has 6 nitrogen and oxygen atoms in total. The molecule has 0 saturated carbocycles. The molecule has 0 aliphatic carbocycles. The normalized spacial score (nSPS) is 14.2. The fourth-order valence-electron chi connectivity index (χ4n) is 2.96. The number of hydrogen-bond acceptors (Lipinski definition) is 4. The van der Waals surface area contributed by atoms with Crippen LogP contribution in [0.5, 0.6) is 0 Å². The summed E-state index contributed by atoms with van der Waals surface area (Å²) in [5.41, 5.74) is 2.98. The Morgan fingerprint density at radius 1 is 1.18 bits per heavy atom. The lowest BCUT2D eigenvalue weighted by atomic mass is 10.1. The van der Waals surface area contributed by atoms with Crippen LogP contribution >= 0.6 is 0 Å². The van der Waals surface area contributed by atoms with E-state index in [4.69, 9.17) is 0 Å². The van der Waals surface area contributed by atoms with Gasteiger partial charge in [-0.25, -0.2) is 4.98 Å². The van der Waals surface area contributed by atoms with E-state index in [0.717, 1.165) is 43.7 Å². The molecule has 0 bridgehead atoms. The highest BCUT2D eigenvalue weighted by atomic mass is 16.1. The molecule has 0 fully saturated rings. The van der Waals surface area contributed by atoms with E-state index >= 15 is 0 Å². The van der Waals surface area contributed by atoms with Crippen molar-refractivity contribution in [2.24, 2.45) is 0 Å². The zero-order valence-electron chi connectivity index (χ0n) is 12.5. The molecule has 2 aromatic heterocycles. The highest BCUT2D eigenvalue weighted by Gasteiger charge is 2.19. The Bertz CT molecular complexity index is 891. The first-order valence-electron chi connectivity index (χ1n) is 7.72. The third-order valence-corrected chi connectivity index (χ3v) is 4.26. The van der Waals surface area contributed by atoms with E-state index < -0.39 is 0 Å². The summed E-state index contributed by atoms with van der Waals surface area (Å²) < 4.78 is 3.40. The van der Waals surface area contributed by atoms with E-state index in [9.17, 15) is 4.79 Å². The zero-order chi connectivity index (χ0) is 15.1. The fourth-order valence-corrected chi connectivity index (χ4v) is 2.96. The first kappa shape index (κ1) is 13.2. The van der Waals surface area contributed by atoms with Gasteiger partial charge in [0.05, 0.1) is 5.69 Å². The number of aryl methyl sites for hydroxylation is 2. The summed E-state index contributed by atoms with van der Waals surface area (Å²) in [6.07, 6.45) is 3.92. The van der Waals surface area contributed by atoms with E-state index in [-0.39, 0.29) is 5.56 Å². The summed E-state index contributed by atoms with van der Waals surface area (Å²) >= 11 is 0. The van der Waals surface area contributed by atoms with Crippen molar-refractivity contribution in [1.82, 2.24) is 24.5 Å². The van der Waals surface area contributed by atoms with Gasteiger partial charge in [0, 0.05) is 13.0 Å². The van der Waals surface area contributed by atoms with Crippen molar-refractivity contribution in [2.45, 2.75) is 39.2 Å². The molecular weight excluding hydrogens is 278 g/mol. The molecule has 112 valence electrons. The van der Waals surface area contributed by atoms with Crippen molar-refractivity contribution < 1.29 is 0 Å². The Morgan fingerprint density at radius 3 is 2.77 bits per heavy atom. The first-order chi connectivity index (χ1) is 10.8.